The van der Waals surface area contributed by atoms with E-state index in [0.717, 1.165) is 44.5 Å². The average molecular weight is 583 g/mol. The van der Waals surface area contributed by atoms with Crippen LogP contribution in [0.3, 0.4) is 0 Å². The fourth-order valence-electron chi connectivity index (χ4n) is 6.03. The van der Waals surface area contributed by atoms with Crippen LogP contribution in [0.25, 0.3) is 72.8 Å². The molecular weight excluding hydrogens is 555 g/mol. The van der Waals surface area contributed by atoms with E-state index in [-0.39, 0.29) is 5.82 Å². The molecule has 0 aliphatic heterocycles. The molecular formula is C40H27FN4. The highest BCUT2D eigenvalue weighted by Crippen LogP contribution is 2.38. The Kier molecular flexibility index (Phi) is 6.50. The number of rotatable bonds is 5. The number of hydrogen-bond donors (Lipinski definition) is 0. The first-order valence-corrected chi connectivity index (χ1v) is 14.9. The van der Waals surface area contributed by atoms with Gasteiger partial charge >= 0.3 is 0 Å². The van der Waals surface area contributed by atoms with Gasteiger partial charge in [0.25, 0.3) is 0 Å². The van der Waals surface area contributed by atoms with Crippen LogP contribution in [0.1, 0.15) is 5.56 Å². The summed E-state index contributed by atoms with van der Waals surface area (Å²) in [7, 11) is 0. The van der Waals surface area contributed by atoms with Crippen LogP contribution in [-0.2, 0) is 0 Å². The maximum Gasteiger partial charge on any atom is 0.164 e. The van der Waals surface area contributed by atoms with Crippen LogP contribution in [0, 0.1) is 12.7 Å². The number of benzene rings is 6. The summed E-state index contributed by atoms with van der Waals surface area (Å²) in [5, 5.41) is 2.39. The number of para-hydroxylation sites is 1. The molecule has 0 fully saturated rings. The van der Waals surface area contributed by atoms with E-state index in [9.17, 15) is 4.39 Å². The normalized spacial score (nSPS) is 11.3. The Morgan fingerprint density at radius 1 is 0.467 bits per heavy atom. The quantitative estimate of drug-likeness (QED) is 0.203. The number of fused-ring (bicyclic) bond motifs is 3. The molecule has 214 valence electrons. The highest BCUT2D eigenvalue weighted by atomic mass is 19.1. The van der Waals surface area contributed by atoms with Crippen molar-refractivity contribution >= 4 is 21.8 Å². The molecule has 2 heterocycles. The summed E-state index contributed by atoms with van der Waals surface area (Å²) in [6, 6.07) is 47.9. The molecule has 0 radical (unpaired) electrons. The van der Waals surface area contributed by atoms with Gasteiger partial charge in [-0.1, -0.05) is 109 Å². The lowest BCUT2D eigenvalue weighted by Crippen LogP contribution is -2.02. The number of aromatic nitrogens is 4. The van der Waals surface area contributed by atoms with Gasteiger partial charge in [-0.2, -0.15) is 0 Å². The van der Waals surface area contributed by atoms with E-state index in [4.69, 9.17) is 15.0 Å². The molecule has 0 aliphatic carbocycles. The summed E-state index contributed by atoms with van der Waals surface area (Å²) in [5.74, 6) is 1.43. The van der Waals surface area contributed by atoms with Crippen molar-refractivity contribution in [3.05, 3.63) is 157 Å². The zero-order valence-electron chi connectivity index (χ0n) is 24.5. The Balaban J connectivity index is 1.42. The third-order valence-corrected chi connectivity index (χ3v) is 8.18. The Morgan fingerprint density at radius 2 is 1.07 bits per heavy atom. The summed E-state index contributed by atoms with van der Waals surface area (Å²) in [6.07, 6.45) is 0. The van der Waals surface area contributed by atoms with Crippen molar-refractivity contribution in [1.82, 2.24) is 19.5 Å². The van der Waals surface area contributed by atoms with Gasteiger partial charge in [0.1, 0.15) is 5.82 Å². The van der Waals surface area contributed by atoms with Crippen molar-refractivity contribution in [3.8, 4) is 51.0 Å². The fourth-order valence-corrected chi connectivity index (χ4v) is 6.03. The van der Waals surface area contributed by atoms with Crippen LogP contribution in [-0.4, -0.2) is 19.5 Å². The van der Waals surface area contributed by atoms with Crippen LogP contribution in [0.5, 0.6) is 0 Å². The molecule has 0 unspecified atom stereocenters. The Morgan fingerprint density at radius 3 is 1.76 bits per heavy atom. The Bertz CT molecular complexity index is 2270. The molecule has 0 saturated carbocycles. The second-order valence-electron chi connectivity index (χ2n) is 11.1. The molecule has 0 bridgehead atoms. The maximum absolute atomic E-state index is 14.0. The summed E-state index contributed by atoms with van der Waals surface area (Å²) >= 11 is 0. The van der Waals surface area contributed by atoms with Crippen molar-refractivity contribution in [2.75, 3.05) is 0 Å². The van der Waals surface area contributed by atoms with Gasteiger partial charge < -0.3 is 4.57 Å². The molecule has 5 heteroatoms. The Hall–Kier alpha value is -5.94. The minimum atomic E-state index is -0.282. The molecule has 0 aliphatic rings. The van der Waals surface area contributed by atoms with Crippen LogP contribution in [0.15, 0.2) is 146 Å². The Labute approximate surface area is 260 Å². The van der Waals surface area contributed by atoms with Crippen molar-refractivity contribution in [2.45, 2.75) is 6.92 Å². The van der Waals surface area contributed by atoms with E-state index < -0.39 is 0 Å². The smallest absolute Gasteiger partial charge is 0.164 e. The molecule has 2 aromatic heterocycles. The molecule has 4 nitrogen and oxygen atoms in total. The highest BCUT2D eigenvalue weighted by molar-refractivity contribution is 6.09. The van der Waals surface area contributed by atoms with Crippen molar-refractivity contribution in [3.63, 3.8) is 0 Å². The maximum atomic E-state index is 14.0. The third-order valence-electron chi connectivity index (χ3n) is 8.18. The van der Waals surface area contributed by atoms with E-state index in [1.54, 1.807) is 12.1 Å². The van der Waals surface area contributed by atoms with Gasteiger partial charge in [0.05, 0.1) is 11.0 Å². The largest absolute Gasteiger partial charge is 0.309 e. The molecule has 8 rings (SSSR count). The van der Waals surface area contributed by atoms with Crippen LogP contribution >= 0.6 is 0 Å². The van der Waals surface area contributed by atoms with Gasteiger partial charge in [-0.3, -0.25) is 0 Å². The number of aryl methyl sites for hydroxylation is 1. The van der Waals surface area contributed by atoms with E-state index >= 15 is 0 Å². The third kappa shape index (κ3) is 4.85. The van der Waals surface area contributed by atoms with E-state index in [1.807, 2.05) is 60.7 Å². The zero-order valence-corrected chi connectivity index (χ0v) is 24.5. The second-order valence-corrected chi connectivity index (χ2v) is 11.1. The number of nitrogens with zero attached hydrogens (tertiary/aromatic N) is 4. The highest BCUT2D eigenvalue weighted by Gasteiger charge is 2.19. The van der Waals surface area contributed by atoms with Gasteiger partial charge in [-0.15, -0.1) is 0 Å². The van der Waals surface area contributed by atoms with Gasteiger partial charge in [0.2, 0.25) is 0 Å². The van der Waals surface area contributed by atoms with E-state index in [2.05, 4.69) is 72.2 Å². The van der Waals surface area contributed by atoms with Gasteiger partial charge in [0, 0.05) is 33.2 Å². The topological polar surface area (TPSA) is 43.6 Å². The lowest BCUT2D eigenvalue weighted by atomic mass is 9.98. The van der Waals surface area contributed by atoms with Gasteiger partial charge in [-0.25, -0.2) is 19.3 Å². The number of halogens is 1. The minimum absolute atomic E-state index is 0.282. The second kappa shape index (κ2) is 11.0. The van der Waals surface area contributed by atoms with Crippen LogP contribution in [0.2, 0.25) is 0 Å². The first-order chi connectivity index (χ1) is 22.1. The fraction of sp³-hybridized carbons (Fsp3) is 0.0250. The summed E-state index contributed by atoms with van der Waals surface area (Å²) in [4.78, 5) is 15.0. The zero-order chi connectivity index (χ0) is 30.3. The van der Waals surface area contributed by atoms with Gasteiger partial charge in [-0.05, 0) is 60.5 Å². The minimum Gasteiger partial charge on any atom is -0.309 e. The van der Waals surface area contributed by atoms with Crippen LogP contribution in [0.4, 0.5) is 4.39 Å². The average Bonchev–Trinajstić information content (AvgIpc) is 3.42. The standard InChI is InChI=1S/C40H27FN4/c1-26-16-23-37-34(24-26)33-14-8-9-15-36(33)45(37)31-21-22-32(27-17-19-30(41)20-18-27)35(25-31)40-43-38(28-10-4-2-5-11-28)42-39(44-40)29-12-6-3-7-13-29/h2-25H,1H3. The molecule has 45 heavy (non-hydrogen) atoms. The van der Waals surface area contributed by atoms with Gasteiger partial charge in [0.15, 0.2) is 17.5 Å². The predicted molar refractivity (Wildman–Crippen MR) is 181 cm³/mol. The first kappa shape index (κ1) is 26.7. The predicted octanol–water partition coefficient (Wildman–Crippen LogP) is 10.1. The van der Waals surface area contributed by atoms with Crippen LogP contribution < -0.4 is 0 Å². The molecule has 6 aromatic carbocycles. The van der Waals surface area contributed by atoms with Crippen molar-refractivity contribution < 1.29 is 4.39 Å². The first-order valence-electron chi connectivity index (χ1n) is 14.9. The van der Waals surface area contributed by atoms with Crippen molar-refractivity contribution in [2.24, 2.45) is 0 Å². The van der Waals surface area contributed by atoms with E-state index in [0.29, 0.717) is 17.5 Å². The molecule has 0 spiro atoms. The molecule has 8 aromatic rings. The molecule has 0 N–H and O–H groups in total. The van der Waals surface area contributed by atoms with Crippen molar-refractivity contribution in [1.29, 1.82) is 0 Å². The SMILES string of the molecule is Cc1ccc2c(c1)c1ccccc1n2-c1ccc(-c2ccc(F)cc2)c(-c2nc(-c3ccccc3)nc(-c3ccccc3)n2)c1. The van der Waals surface area contributed by atoms with E-state index in [1.165, 1.54) is 28.5 Å². The lowest BCUT2D eigenvalue weighted by Gasteiger charge is -2.15. The molecule has 0 atom stereocenters. The summed E-state index contributed by atoms with van der Waals surface area (Å²) in [6.45, 7) is 2.12. The number of hydrogen-bond acceptors (Lipinski definition) is 3. The summed E-state index contributed by atoms with van der Waals surface area (Å²) in [5.41, 5.74) is 8.83. The molecule has 0 amide bonds. The molecule has 0 saturated heterocycles. The monoisotopic (exact) mass is 582 g/mol. The lowest BCUT2D eigenvalue weighted by molar-refractivity contribution is 0.628. The summed E-state index contributed by atoms with van der Waals surface area (Å²) < 4.78 is 16.3.